The third-order valence-corrected chi connectivity index (χ3v) is 0.799. The first-order valence-corrected chi connectivity index (χ1v) is 3.14. The van der Waals surface area contributed by atoms with Crippen LogP contribution in [-0.2, 0) is 0 Å². The molecule has 0 unspecified atom stereocenters. The van der Waals surface area contributed by atoms with Crippen LogP contribution >= 0.6 is 0 Å². The van der Waals surface area contributed by atoms with Crippen molar-refractivity contribution in [3.63, 3.8) is 0 Å². The molecule has 0 saturated carbocycles. The van der Waals surface area contributed by atoms with Gasteiger partial charge in [0.15, 0.2) is 0 Å². The highest BCUT2D eigenvalue weighted by Gasteiger charge is 1.72. The SMILES string of the molecule is C=CCN.CCN(C)C. The van der Waals surface area contributed by atoms with E-state index in [1.165, 1.54) is 0 Å². The Morgan fingerprint density at radius 2 is 1.78 bits per heavy atom. The Morgan fingerprint density at radius 3 is 1.78 bits per heavy atom. The molecule has 0 bridgehead atoms. The molecule has 0 aromatic carbocycles. The molecule has 0 atom stereocenters. The molecule has 2 heteroatoms. The first-order chi connectivity index (χ1) is 4.18. The summed E-state index contributed by atoms with van der Waals surface area (Å²) >= 11 is 0. The van der Waals surface area contributed by atoms with Gasteiger partial charge in [0.05, 0.1) is 0 Å². The lowest BCUT2D eigenvalue weighted by Crippen LogP contribution is -2.08. The van der Waals surface area contributed by atoms with E-state index in [4.69, 9.17) is 5.73 Å². The first kappa shape index (κ1) is 11.5. The second kappa shape index (κ2) is 10.6. The molecule has 0 aliphatic rings. The van der Waals surface area contributed by atoms with E-state index >= 15 is 0 Å². The van der Waals surface area contributed by atoms with Gasteiger partial charge in [-0.25, -0.2) is 0 Å². The second-order valence-corrected chi connectivity index (χ2v) is 1.92. The van der Waals surface area contributed by atoms with Gasteiger partial charge in [-0.3, -0.25) is 0 Å². The number of hydrogen-bond donors (Lipinski definition) is 1. The molecule has 2 N–H and O–H groups in total. The Balaban J connectivity index is 0. The highest BCUT2D eigenvalue weighted by atomic mass is 15.0. The quantitative estimate of drug-likeness (QED) is 0.557. The summed E-state index contributed by atoms with van der Waals surface area (Å²) < 4.78 is 0. The number of nitrogens with two attached hydrogens (primary N) is 1. The highest BCUT2D eigenvalue weighted by molar-refractivity contribution is 4.64. The van der Waals surface area contributed by atoms with E-state index in [1.54, 1.807) is 6.08 Å². The number of nitrogens with zero attached hydrogens (tertiary/aromatic N) is 1. The molecule has 0 aromatic heterocycles. The molecule has 56 valence electrons. The molecular formula is C7H18N2. The van der Waals surface area contributed by atoms with Gasteiger partial charge in [0.25, 0.3) is 0 Å². The molecule has 9 heavy (non-hydrogen) atoms. The van der Waals surface area contributed by atoms with Crippen LogP contribution in [0.1, 0.15) is 6.92 Å². The lowest BCUT2D eigenvalue weighted by molar-refractivity contribution is 0.434. The molecule has 0 aliphatic heterocycles. The maximum absolute atomic E-state index is 4.91. The van der Waals surface area contributed by atoms with Crippen LogP contribution in [0.5, 0.6) is 0 Å². The van der Waals surface area contributed by atoms with Gasteiger partial charge in [-0.15, -0.1) is 6.58 Å². The summed E-state index contributed by atoms with van der Waals surface area (Å²) in [7, 11) is 4.11. The zero-order valence-electron chi connectivity index (χ0n) is 6.72. The molecular weight excluding hydrogens is 112 g/mol. The van der Waals surface area contributed by atoms with Crippen molar-refractivity contribution in [2.75, 3.05) is 27.2 Å². The minimum Gasteiger partial charge on any atom is -0.327 e. The maximum atomic E-state index is 4.91. The van der Waals surface area contributed by atoms with Crippen molar-refractivity contribution >= 4 is 0 Å². The number of hydrogen-bond acceptors (Lipinski definition) is 2. The zero-order chi connectivity index (χ0) is 7.70. The molecule has 0 fully saturated rings. The molecule has 0 heterocycles. The van der Waals surface area contributed by atoms with Gasteiger partial charge in [0.1, 0.15) is 0 Å². The van der Waals surface area contributed by atoms with Crippen LogP contribution < -0.4 is 5.73 Å². The topological polar surface area (TPSA) is 29.3 Å². The molecule has 0 aliphatic carbocycles. The molecule has 0 rings (SSSR count). The van der Waals surface area contributed by atoms with Gasteiger partial charge in [-0.2, -0.15) is 0 Å². The second-order valence-electron chi connectivity index (χ2n) is 1.92. The van der Waals surface area contributed by atoms with Crippen molar-refractivity contribution in [2.24, 2.45) is 5.73 Å². The fourth-order valence-electron chi connectivity index (χ4n) is 0. The Hall–Kier alpha value is -0.340. The van der Waals surface area contributed by atoms with Crippen LogP contribution in [0, 0.1) is 0 Å². The Labute approximate surface area is 58.3 Å². The van der Waals surface area contributed by atoms with Gasteiger partial charge in [-0.05, 0) is 20.6 Å². The summed E-state index contributed by atoms with van der Waals surface area (Å²) in [6, 6.07) is 0. The van der Waals surface area contributed by atoms with E-state index in [1.807, 2.05) is 0 Å². The fourth-order valence-corrected chi connectivity index (χ4v) is 0. The van der Waals surface area contributed by atoms with Crippen molar-refractivity contribution in [1.82, 2.24) is 4.90 Å². The van der Waals surface area contributed by atoms with Gasteiger partial charge >= 0.3 is 0 Å². The Kier molecular flexibility index (Phi) is 13.5. The summed E-state index contributed by atoms with van der Waals surface area (Å²) in [5.41, 5.74) is 4.91. The largest absolute Gasteiger partial charge is 0.327 e. The van der Waals surface area contributed by atoms with Crippen molar-refractivity contribution in [1.29, 1.82) is 0 Å². The Morgan fingerprint density at radius 1 is 1.56 bits per heavy atom. The van der Waals surface area contributed by atoms with Crippen LogP contribution in [0.2, 0.25) is 0 Å². The van der Waals surface area contributed by atoms with Crippen molar-refractivity contribution in [2.45, 2.75) is 6.92 Å². The van der Waals surface area contributed by atoms with E-state index in [9.17, 15) is 0 Å². The van der Waals surface area contributed by atoms with Gasteiger partial charge < -0.3 is 10.6 Å². The van der Waals surface area contributed by atoms with E-state index in [0.717, 1.165) is 6.54 Å². The maximum Gasteiger partial charge on any atom is 0.0104 e. The summed E-state index contributed by atoms with van der Waals surface area (Å²) in [5.74, 6) is 0. The molecule has 0 spiro atoms. The average molecular weight is 130 g/mol. The van der Waals surface area contributed by atoms with Crippen LogP contribution in [0.15, 0.2) is 12.7 Å². The zero-order valence-corrected chi connectivity index (χ0v) is 6.72. The van der Waals surface area contributed by atoms with E-state index < -0.39 is 0 Å². The van der Waals surface area contributed by atoms with Crippen LogP contribution in [0.3, 0.4) is 0 Å². The fraction of sp³-hybridized carbons (Fsp3) is 0.714. The monoisotopic (exact) mass is 130 g/mol. The van der Waals surface area contributed by atoms with Crippen LogP contribution in [-0.4, -0.2) is 32.1 Å². The van der Waals surface area contributed by atoms with Crippen LogP contribution in [0.4, 0.5) is 0 Å². The third kappa shape index (κ3) is 34.7. The minimum absolute atomic E-state index is 0.583. The highest BCUT2D eigenvalue weighted by Crippen LogP contribution is 1.63. The molecule has 2 nitrogen and oxygen atoms in total. The molecule has 0 amide bonds. The lowest BCUT2D eigenvalue weighted by Gasteiger charge is -2.00. The van der Waals surface area contributed by atoms with Gasteiger partial charge in [0.2, 0.25) is 0 Å². The van der Waals surface area contributed by atoms with Crippen LogP contribution in [0.25, 0.3) is 0 Å². The summed E-state index contributed by atoms with van der Waals surface area (Å²) in [5, 5.41) is 0. The van der Waals surface area contributed by atoms with Crippen molar-refractivity contribution < 1.29 is 0 Å². The van der Waals surface area contributed by atoms with Crippen molar-refractivity contribution in [3.05, 3.63) is 12.7 Å². The van der Waals surface area contributed by atoms with Gasteiger partial charge in [-0.1, -0.05) is 13.0 Å². The lowest BCUT2D eigenvalue weighted by atomic mass is 10.7. The smallest absolute Gasteiger partial charge is 0.0104 e. The standard InChI is InChI=1S/C4H11N.C3H7N/c1-4-5(2)3;1-2-3-4/h4H2,1-3H3;2H,1,3-4H2. The summed E-state index contributed by atoms with van der Waals surface area (Å²) in [6.07, 6.45) is 1.65. The van der Waals surface area contributed by atoms with Gasteiger partial charge in [0, 0.05) is 6.54 Å². The number of rotatable bonds is 2. The van der Waals surface area contributed by atoms with E-state index in [0.29, 0.717) is 6.54 Å². The Bertz CT molecular complexity index is 50.9. The normalized spacial score (nSPS) is 8.11. The predicted molar refractivity (Wildman–Crippen MR) is 43.5 cm³/mol. The summed E-state index contributed by atoms with van der Waals surface area (Å²) in [6.45, 7) is 7.20. The van der Waals surface area contributed by atoms with E-state index in [2.05, 4.69) is 32.5 Å². The minimum atomic E-state index is 0.583. The predicted octanol–water partition coefficient (Wildman–Crippen LogP) is 0.699. The molecule has 0 aromatic rings. The first-order valence-electron chi connectivity index (χ1n) is 3.14. The third-order valence-electron chi connectivity index (χ3n) is 0.799. The average Bonchev–Trinajstić information content (AvgIpc) is 1.89. The van der Waals surface area contributed by atoms with Crippen molar-refractivity contribution in [3.8, 4) is 0 Å². The molecule has 0 saturated heterocycles. The summed E-state index contributed by atoms with van der Waals surface area (Å²) in [4.78, 5) is 2.12. The van der Waals surface area contributed by atoms with E-state index in [-0.39, 0.29) is 0 Å². The molecule has 0 radical (unpaired) electrons.